The van der Waals surface area contributed by atoms with Crippen LogP contribution in [-0.2, 0) is 0 Å². The average Bonchev–Trinajstić information content (AvgIpc) is 2.62. The van der Waals surface area contributed by atoms with Crippen molar-refractivity contribution in [3.8, 4) is 5.75 Å². The van der Waals surface area contributed by atoms with Crippen LogP contribution in [0.3, 0.4) is 0 Å². The number of Topliss-reactive ketones (excluding diaryl/α,β-unsaturated/α-hetero) is 2. The summed E-state index contributed by atoms with van der Waals surface area (Å²) in [4.78, 5) is 24.1. The molecule has 0 amide bonds. The molecule has 2 N–H and O–H groups in total. The molecule has 0 saturated carbocycles. The van der Waals surface area contributed by atoms with Crippen molar-refractivity contribution in [2.75, 3.05) is 6.54 Å². The van der Waals surface area contributed by atoms with Crippen LogP contribution in [0, 0.1) is 5.82 Å². The van der Waals surface area contributed by atoms with E-state index < -0.39 is 23.6 Å². The standard InChI is InChI=1S/C21H22FNO4/c1-12(24)14-6-9-18-16(10-14)19(20(26)21(2,3)27-18)23-11-17(25)13-4-7-15(22)8-5-13/h4-10,19-20,23,26H,11H2,1-3H3. The number of rotatable bonds is 5. The number of carbonyl (C=O) groups excluding carboxylic acids is 2. The van der Waals surface area contributed by atoms with Gasteiger partial charge in [-0.25, -0.2) is 4.39 Å². The van der Waals surface area contributed by atoms with Crippen molar-refractivity contribution >= 4 is 11.6 Å². The molecule has 1 aliphatic rings. The molecule has 0 saturated heterocycles. The molecule has 5 nitrogen and oxygen atoms in total. The molecule has 2 aromatic carbocycles. The minimum atomic E-state index is -0.937. The molecular weight excluding hydrogens is 349 g/mol. The van der Waals surface area contributed by atoms with E-state index in [4.69, 9.17) is 4.74 Å². The summed E-state index contributed by atoms with van der Waals surface area (Å²) >= 11 is 0. The maximum Gasteiger partial charge on any atom is 0.176 e. The van der Waals surface area contributed by atoms with E-state index in [0.29, 0.717) is 22.4 Å². The Labute approximate surface area is 157 Å². The van der Waals surface area contributed by atoms with Crippen LogP contribution in [0.2, 0.25) is 0 Å². The first-order valence-electron chi connectivity index (χ1n) is 8.73. The molecule has 1 heterocycles. The Hall–Kier alpha value is -2.57. The lowest BCUT2D eigenvalue weighted by Gasteiger charge is -2.42. The predicted octanol–water partition coefficient (Wildman–Crippen LogP) is 3.07. The molecule has 1 aliphatic heterocycles. The Bertz CT molecular complexity index is 876. The normalized spacial score (nSPS) is 20.5. The molecule has 0 spiro atoms. The molecule has 0 fully saturated rings. The first-order chi connectivity index (χ1) is 12.7. The zero-order valence-corrected chi connectivity index (χ0v) is 15.5. The third-order valence-electron chi connectivity index (χ3n) is 4.80. The van der Waals surface area contributed by atoms with E-state index in [2.05, 4.69) is 5.32 Å². The summed E-state index contributed by atoms with van der Waals surface area (Å²) in [6.45, 7) is 4.94. The Morgan fingerprint density at radius 1 is 1.15 bits per heavy atom. The van der Waals surface area contributed by atoms with Gasteiger partial charge in [-0.05, 0) is 63.2 Å². The summed E-state index contributed by atoms with van der Waals surface area (Å²) in [5, 5.41) is 13.8. The van der Waals surface area contributed by atoms with Crippen molar-refractivity contribution in [1.82, 2.24) is 5.32 Å². The number of aliphatic hydroxyl groups excluding tert-OH is 1. The van der Waals surface area contributed by atoms with E-state index in [1.807, 2.05) is 0 Å². The van der Waals surface area contributed by atoms with Crippen LogP contribution < -0.4 is 10.1 Å². The maximum absolute atomic E-state index is 13.0. The number of benzene rings is 2. The van der Waals surface area contributed by atoms with Gasteiger partial charge in [0.2, 0.25) is 0 Å². The van der Waals surface area contributed by atoms with Crippen molar-refractivity contribution in [1.29, 1.82) is 0 Å². The van der Waals surface area contributed by atoms with Gasteiger partial charge in [-0.1, -0.05) is 0 Å². The fraction of sp³-hybridized carbons (Fsp3) is 0.333. The molecule has 0 bridgehead atoms. The van der Waals surface area contributed by atoms with Crippen molar-refractivity contribution in [2.45, 2.75) is 38.5 Å². The average molecular weight is 371 g/mol. The lowest BCUT2D eigenvalue weighted by molar-refractivity contribution is -0.0640. The lowest BCUT2D eigenvalue weighted by Crippen LogP contribution is -2.53. The molecule has 2 unspecified atom stereocenters. The summed E-state index contributed by atoms with van der Waals surface area (Å²) in [6.07, 6.45) is -0.937. The smallest absolute Gasteiger partial charge is 0.176 e. The van der Waals surface area contributed by atoms with Crippen LogP contribution >= 0.6 is 0 Å². The van der Waals surface area contributed by atoms with E-state index in [-0.39, 0.29) is 18.1 Å². The molecule has 0 radical (unpaired) electrons. The summed E-state index contributed by atoms with van der Waals surface area (Å²) in [5.74, 6) is -0.178. The van der Waals surface area contributed by atoms with E-state index in [9.17, 15) is 19.1 Å². The summed E-state index contributed by atoms with van der Waals surface area (Å²) in [7, 11) is 0. The lowest BCUT2D eigenvalue weighted by atomic mass is 9.85. The number of fused-ring (bicyclic) bond motifs is 1. The Morgan fingerprint density at radius 3 is 2.41 bits per heavy atom. The summed E-state index contributed by atoms with van der Waals surface area (Å²) in [5.41, 5.74) is 0.631. The predicted molar refractivity (Wildman–Crippen MR) is 98.6 cm³/mol. The second kappa shape index (κ2) is 7.21. The van der Waals surface area contributed by atoms with Crippen LogP contribution in [0.4, 0.5) is 4.39 Å². The Balaban J connectivity index is 1.86. The van der Waals surface area contributed by atoms with Gasteiger partial charge < -0.3 is 15.2 Å². The first kappa shape index (κ1) is 19.2. The summed E-state index contributed by atoms with van der Waals surface area (Å²) in [6, 6.07) is 9.77. The van der Waals surface area contributed by atoms with Gasteiger partial charge in [0.1, 0.15) is 23.3 Å². The fourth-order valence-electron chi connectivity index (χ4n) is 3.18. The van der Waals surface area contributed by atoms with Gasteiger partial charge in [0.25, 0.3) is 0 Å². The third-order valence-corrected chi connectivity index (χ3v) is 4.80. The Kier molecular flexibility index (Phi) is 5.13. The van der Waals surface area contributed by atoms with Crippen LogP contribution in [0.15, 0.2) is 42.5 Å². The highest BCUT2D eigenvalue weighted by molar-refractivity contribution is 5.97. The van der Waals surface area contributed by atoms with Gasteiger partial charge in [-0.2, -0.15) is 0 Å². The van der Waals surface area contributed by atoms with Crippen molar-refractivity contribution in [2.24, 2.45) is 0 Å². The van der Waals surface area contributed by atoms with Crippen molar-refractivity contribution < 1.29 is 23.8 Å². The first-order valence-corrected chi connectivity index (χ1v) is 8.73. The largest absolute Gasteiger partial charge is 0.485 e. The molecular formula is C21H22FNO4. The molecule has 142 valence electrons. The monoisotopic (exact) mass is 371 g/mol. The molecule has 6 heteroatoms. The summed E-state index contributed by atoms with van der Waals surface area (Å²) < 4.78 is 18.9. The number of aliphatic hydroxyl groups is 1. The molecule has 27 heavy (non-hydrogen) atoms. The topological polar surface area (TPSA) is 75.6 Å². The zero-order valence-electron chi connectivity index (χ0n) is 15.5. The highest BCUT2D eigenvalue weighted by atomic mass is 19.1. The number of hydrogen-bond acceptors (Lipinski definition) is 5. The SMILES string of the molecule is CC(=O)c1ccc2c(c1)C(NCC(=O)c1ccc(F)cc1)C(O)C(C)(C)O2. The third kappa shape index (κ3) is 3.91. The molecule has 3 rings (SSSR count). The van der Waals surface area contributed by atoms with Crippen LogP contribution in [0.25, 0.3) is 0 Å². The van der Waals surface area contributed by atoms with E-state index in [0.717, 1.165) is 0 Å². The van der Waals surface area contributed by atoms with Crippen LogP contribution in [-0.4, -0.2) is 34.9 Å². The van der Waals surface area contributed by atoms with Gasteiger partial charge in [0.05, 0.1) is 12.6 Å². The number of hydrogen-bond donors (Lipinski definition) is 2. The number of ketones is 2. The number of carbonyl (C=O) groups is 2. The Morgan fingerprint density at radius 2 is 1.78 bits per heavy atom. The number of nitrogens with one attached hydrogen (secondary N) is 1. The number of ether oxygens (including phenoxy) is 1. The maximum atomic E-state index is 13.0. The molecule has 2 atom stereocenters. The van der Waals surface area contributed by atoms with Crippen LogP contribution in [0.5, 0.6) is 5.75 Å². The van der Waals surface area contributed by atoms with E-state index >= 15 is 0 Å². The van der Waals surface area contributed by atoms with Gasteiger partial charge in [-0.3, -0.25) is 9.59 Å². The van der Waals surface area contributed by atoms with Crippen molar-refractivity contribution in [3.05, 3.63) is 65.0 Å². The van der Waals surface area contributed by atoms with Crippen molar-refractivity contribution in [3.63, 3.8) is 0 Å². The van der Waals surface area contributed by atoms with Gasteiger partial charge in [0.15, 0.2) is 11.6 Å². The second-order valence-electron chi connectivity index (χ2n) is 7.25. The van der Waals surface area contributed by atoms with Gasteiger partial charge in [-0.15, -0.1) is 0 Å². The second-order valence-corrected chi connectivity index (χ2v) is 7.25. The minimum absolute atomic E-state index is 0.0484. The van der Waals surface area contributed by atoms with Gasteiger partial charge >= 0.3 is 0 Å². The highest BCUT2D eigenvalue weighted by Crippen LogP contribution is 2.40. The number of halogens is 1. The zero-order chi connectivity index (χ0) is 19.8. The minimum Gasteiger partial charge on any atom is -0.485 e. The molecule has 0 aliphatic carbocycles. The van der Waals surface area contributed by atoms with Gasteiger partial charge in [0, 0.05) is 16.7 Å². The molecule has 0 aromatic heterocycles. The quantitative estimate of drug-likeness (QED) is 0.790. The van der Waals surface area contributed by atoms with Crippen LogP contribution in [0.1, 0.15) is 53.1 Å². The van der Waals surface area contributed by atoms with E-state index in [1.165, 1.54) is 31.2 Å². The molecule has 2 aromatic rings. The fourth-order valence-corrected chi connectivity index (χ4v) is 3.18. The highest BCUT2D eigenvalue weighted by Gasteiger charge is 2.43. The van der Waals surface area contributed by atoms with E-state index in [1.54, 1.807) is 32.0 Å².